The Hall–Kier alpha value is -0.570. The van der Waals surface area contributed by atoms with Crippen LogP contribution in [0.4, 0.5) is 4.39 Å². The van der Waals surface area contributed by atoms with Gasteiger partial charge in [0.15, 0.2) is 0 Å². The Morgan fingerprint density at radius 2 is 2.18 bits per heavy atom. The first-order valence-corrected chi connectivity index (χ1v) is 4.40. The highest BCUT2D eigenvalue weighted by Crippen LogP contribution is 2.20. The average Bonchev–Trinajstić information content (AvgIpc) is 1.97. The molecule has 1 rings (SSSR count). The lowest BCUT2D eigenvalue weighted by molar-refractivity contribution is 0.460. The van der Waals surface area contributed by atoms with Crippen molar-refractivity contribution in [3.8, 4) is 5.75 Å². The second-order valence-corrected chi connectivity index (χ2v) is 2.97. The van der Waals surface area contributed by atoms with Gasteiger partial charge in [0.1, 0.15) is 11.6 Å². The molecule has 1 aromatic rings. The lowest BCUT2D eigenvalue weighted by Gasteiger charge is -2.02. The number of phenols is 1. The van der Waals surface area contributed by atoms with E-state index in [0.717, 1.165) is 0 Å². The van der Waals surface area contributed by atoms with Crippen molar-refractivity contribution in [1.82, 2.24) is 0 Å². The quantitative estimate of drug-likeness (QED) is 0.757. The number of hydrogen-bond donors (Lipinski definition) is 1. The monoisotopic (exact) mass is 218 g/mol. The molecule has 0 fully saturated rings. The molecule has 0 radical (unpaired) electrons. The summed E-state index contributed by atoms with van der Waals surface area (Å²) in [4.78, 5) is 0. The molecule has 0 saturated carbocycles. The summed E-state index contributed by atoms with van der Waals surface area (Å²) in [6.45, 7) is 0. The van der Waals surface area contributed by atoms with Crippen molar-refractivity contribution in [3.63, 3.8) is 0 Å². The second-order valence-electron chi connectivity index (χ2n) is 2.18. The van der Waals surface area contributed by atoms with Crippen LogP contribution in [0.2, 0.25) is 0 Å². The van der Waals surface area contributed by atoms with E-state index in [4.69, 9.17) is 5.11 Å². The molecule has 1 nitrogen and oxygen atoms in total. The van der Waals surface area contributed by atoms with Gasteiger partial charge in [0.25, 0.3) is 0 Å². The maximum absolute atomic E-state index is 12.9. The van der Waals surface area contributed by atoms with E-state index in [0.29, 0.717) is 17.3 Å². The van der Waals surface area contributed by atoms with E-state index in [1.54, 1.807) is 0 Å². The van der Waals surface area contributed by atoms with Gasteiger partial charge in [-0.25, -0.2) is 4.39 Å². The molecule has 1 N–H and O–H groups in total. The van der Waals surface area contributed by atoms with E-state index in [-0.39, 0.29) is 11.6 Å². The molecule has 11 heavy (non-hydrogen) atoms. The van der Waals surface area contributed by atoms with Gasteiger partial charge in [-0.15, -0.1) is 0 Å². The van der Waals surface area contributed by atoms with E-state index in [9.17, 15) is 4.39 Å². The van der Waals surface area contributed by atoms with Gasteiger partial charge in [0, 0.05) is 10.9 Å². The number of aromatic hydroxyl groups is 1. The Kier molecular flexibility index (Phi) is 2.88. The van der Waals surface area contributed by atoms with Crippen LogP contribution < -0.4 is 0 Å². The fourth-order valence-electron chi connectivity index (χ4n) is 0.889. The Bertz CT molecular complexity index is 230. The molecule has 0 unspecified atom stereocenters. The number of phenolic OH excluding ortho intramolecular Hbond substituents is 1. The fraction of sp³-hybridized carbons (Fsp3) is 0.250. The summed E-state index contributed by atoms with van der Waals surface area (Å²) in [5, 5.41) is 9.82. The van der Waals surface area contributed by atoms with Gasteiger partial charge >= 0.3 is 0 Å². The average molecular weight is 219 g/mol. The summed E-state index contributed by atoms with van der Waals surface area (Å²) >= 11 is 3.18. The molecule has 0 bridgehead atoms. The minimum atomic E-state index is -0.343. The minimum Gasteiger partial charge on any atom is -0.508 e. The summed E-state index contributed by atoms with van der Waals surface area (Å²) in [6, 6.07) is 4.32. The first kappa shape index (κ1) is 8.53. The van der Waals surface area contributed by atoms with E-state index < -0.39 is 0 Å². The standard InChI is InChI=1S/C8H8BrFO/c9-5-4-6-7(10)2-1-3-8(6)11/h1-3,11H,4-5H2. The summed E-state index contributed by atoms with van der Waals surface area (Å²) in [6.07, 6.45) is 0.512. The molecular weight excluding hydrogens is 211 g/mol. The normalized spacial score (nSPS) is 10.0. The third-order valence-electron chi connectivity index (χ3n) is 1.44. The van der Waals surface area contributed by atoms with Crippen molar-refractivity contribution in [2.45, 2.75) is 6.42 Å². The highest BCUT2D eigenvalue weighted by molar-refractivity contribution is 9.09. The van der Waals surface area contributed by atoms with E-state index in [1.165, 1.54) is 18.2 Å². The number of hydrogen-bond acceptors (Lipinski definition) is 1. The maximum atomic E-state index is 12.9. The first-order chi connectivity index (χ1) is 5.25. The molecule has 3 heteroatoms. The molecule has 0 aliphatic rings. The molecule has 0 aromatic heterocycles. The summed E-state index contributed by atoms with van der Waals surface area (Å²) in [5.74, 6) is -0.311. The topological polar surface area (TPSA) is 20.2 Å². The lowest BCUT2D eigenvalue weighted by atomic mass is 10.1. The molecule has 60 valence electrons. The number of rotatable bonds is 2. The van der Waals surface area contributed by atoms with Gasteiger partial charge in [0.05, 0.1) is 0 Å². The van der Waals surface area contributed by atoms with E-state index in [1.807, 2.05) is 0 Å². The Morgan fingerprint density at radius 1 is 1.45 bits per heavy atom. The van der Waals surface area contributed by atoms with Crippen molar-refractivity contribution in [2.24, 2.45) is 0 Å². The third kappa shape index (κ3) is 1.93. The largest absolute Gasteiger partial charge is 0.508 e. The fourth-order valence-corrected chi connectivity index (χ4v) is 1.29. The lowest BCUT2D eigenvalue weighted by Crippen LogP contribution is -1.91. The van der Waals surface area contributed by atoms with Crippen LogP contribution in [0.25, 0.3) is 0 Å². The van der Waals surface area contributed by atoms with E-state index in [2.05, 4.69) is 15.9 Å². The number of halogens is 2. The SMILES string of the molecule is Oc1cccc(F)c1CCBr. The highest BCUT2D eigenvalue weighted by Gasteiger charge is 2.04. The third-order valence-corrected chi connectivity index (χ3v) is 1.84. The zero-order chi connectivity index (χ0) is 8.27. The molecule has 0 aliphatic heterocycles. The Labute approximate surface area is 73.0 Å². The first-order valence-electron chi connectivity index (χ1n) is 3.28. The van der Waals surface area contributed by atoms with Crippen LogP contribution in [0.5, 0.6) is 5.75 Å². The molecule has 0 spiro atoms. The molecule has 0 saturated heterocycles. The molecule has 1 aromatic carbocycles. The van der Waals surface area contributed by atoms with E-state index >= 15 is 0 Å². The van der Waals surface area contributed by atoms with Crippen LogP contribution >= 0.6 is 15.9 Å². The zero-order valence-electron chi connectivity index (χ0n) is 5.85. The maximum Gasteiger partial charge on any atom is 0.130 e. The molecular formula is C8H8BrFO. The zero-order valence-corrected chi connectivity index (χ0v) is 7.44. The van der Waals surface area contributed by atoms with Gasteiger partial charge in [-0.1, -0.05) is 22.0 Å². The summed E-state index contributed by atoms with van der Waals surface area (Å²) in [7, 11) is 0. The van der Waals surface area contributed by atoms with Crippen molar-refractivity contribution < 1.29 is 9.50 Å². The summed E-state index contributed by atoms with van der Waals surface area (Å²) in [5.41, 5.74) is 0.379. The van der Waals surface area contributed by atoms with Crippen LogP contribution in [0.1, 0.15) is 5.56 Å². The van der Waals surface area contributed by atoms with Gasteiger partial charge in [0.2, 0.25) is 0 Å². The van der Waals surface area contributed by atoms with Crippen molar-refractivity contribution in [3.05, 3.63) is 29.6 Å². The predicted molar refractivity (Wildman–Crippen MR) is 45.6 cm³/mol. The smallest absolute Gasteiger partial charge is 0.130 e. The van der Waals surface area contributed by atoms with Crippen LogP contribution in [0.15, 0.2) is 18.2 Å². The van der Waals surface area contributed by atoms with Crippen LogP contribution in [0.3, 0.4) is 0 Å². The van der Waals surface area contributed by atoms with Gasteiger partial charge in [-0.3, -0.25) is 0 Å². The van der Waals surface area contributed by atoms with Crippen molar-refractivity contribution in [1.29, 1.82) is 0 Å². The Morgan fingerprint density at radius 3 is 2.73 bits per heavy atom. The van der Waals surface area contributed by atoms with Crippen LogP contribution in [-0.2, 0) is 6.42 Å². The molecule has 0 amide bonds. The summed E-state index contributed by atoms with van der Waals surface area (Å²) < 4.78 is 12.9. The molecule has 0 aliphatic carbocycles. The Balaban J connectivity index is 3.00. The predicted octanol–water partition coefficient (Wildman–Crippen LogP) is 2.47. The van der Waals surface area contributed by atoms with Gasteiger partial charge < -0.3 is 5.11 Å². The van der Waals surface area contributed by atoms with Gasteiger partial charge in [-0.2, -0.15) is 0 Å². The number of benzene rings is 1. The van der Waals surface area contributed by atoms with Crippen LogP contribution in [0, 0.1) is 5.82 Å². The molecule has 0 atom stereocenters. The van der Waals surface area contributed by atoms with Crippen molar-refractivity contribution >= 4 is 15.9 Å². The highest BCUT2D eigenvalue weighted by atomic mass is 79.9. The molecule has 0 heterocycles. The van der Waals surface area contributed by atoms with Crippen LogP contribution in [-0.4, -0.2) is 10.4 Å². The number of alkyl halides is 1. The second kappa shape index (κ2) is 3.72. The van der Waals surface area contributed by atoms with Crippen molar-refractivity contribution in [2.75, 3.05) is 5.33 Å². The van der Waals surface area contributed by atoms with Gasteiger partial charge in [-0.05, 0) is 18.6 Å². The minimum absolute atomic E-state index is 0.0319.